The van der Waals surface area contributed by atoms with Gasteiger partial charge in [0.05, 0.1) is 5.39 Å². The fourth-order valence-electron chi connectivity index (χ4n) is 1.68. The van der Waals surface area contributed by atoms with E-state index in [1.54, 1.807) is 24.4 Å². The van der Waals surface area contributed by atoms with Gasteiger partial charge in [-0.15, -0.1) is 0 Å². The molecule has 0 aliphatic heterocycles. The second kappa shape index (κ2) is 4.52. The lowest BCUT2D eigenvalue weighted by molar-refractivity contribution is 1.19. The first-order valence-corrected chi connectivity index (χ1v) is 6.04. The smallest absolute Gasteiger partial charge is 0.164 e. The van der Waals surface area contributed by atoms with E-state index in [1.165, 1.54) is 0 Å². The average Bonchev–Trinajstić information content (AvgIpc) is 2.39. The summed E-state index contributed by atoms with van der Waals surface area (Å²) in [5.41, 5.74) is 1.39. The van der Waals surface area contributed by atoms with Gasteiger partial charge < -0.3 is 0 Å². The van der Waals surface area contributed by atoms with Crippen LogP contribution >= 0.6 is 23.2 Å². The Morgan fingerprint density at radius 3 is 2.67 bits per heavy atom. The maximum absolute atomic E-state index is 6.13. The van der Waals surface area contributed by atoms with E-state index in [-0.39, 0.29) is 0 Å². The van der Waals surface area contributed by atoms with Crippen LogP contribution in [0.5, 0.6) is 0 Å². The number of aromatic nitrogens is 3. The van der Waals surface area contributed by atoms with E-state index in [9.17, 15) is 0 Å². The third-order valence-corrected chi connectivity index (χ3v) is 3.03. The molecule has 2 aromatic heterocycles. The third kappa shape index (κ3) is 2.03. The summed E-state index contributed by atoms with van der Waals surface area (Å²) >= 11 is 12.1. The van der Waals surface area contributed by atoms with Gasteiger partial charge in [0.2, 0.25) is 0 Å². The third-order valence-electron chi connectivity index (χ3n) is 2.51. The van der Waals surface area contributed by atoms with Crippen LogP contribution < -0.4 is 0 Å². The van der Waals surface area contributed by atoms with Crippen molar-refractivity contribution in [3.63, 3.8) is 0 Å². The highest BCUT2D eigenvalue weighted by Gasteiger charge is 2.08. The van der Waals surface area contributed by atoms with E-state index in [0.717, 1.165) is 10.9 Å². The first kappa shape index (κ1) is 11.4. The summed E-state index contributed by atoms with van der Waals surface area (Å²) in [6.45, 7) is 0. The Kier molecular flexibility index (Phi) is 2.86. The number of hydrogen-bond donors (Lipinski definition) is 0. The zero-order valence-electron chi connectivity index (χ0n) is 9.14. The molecule has 1 aromatic carbocycles. The van der Waals surface area contributed by atoms with Gasteiger partial charge in [0.15, 0.2) is 11.5 Å². The molecule has 0 amide bonds. The maximum atomic E-state index is 6.13. The van der Waals surface area contributed by atoms with Gasteiger partial charge in [-0.05, 0) is 24.3 Å². The minimum Gasteiger partial charge on any atom is -0.236 e. The molecule has 88 valence electrons. The van der Waals surface area contributed by atoms with E-state index < -0.39 is 0 Å². The summed E-state index contributed by atoms with van der Waals surface area (Å²) in [6, 6.07) is 11.0. The number of halogens is 2. The molecule has 2 heterocycles. The molecule has 18 heavy (non-hydrogen) atoms. The Hall–Kier alpha value is -1.71. The predicted molar refractivity (Wildman–Crippen MR) is 72.8 cm³/mol. The molecule has 0 atom stereocenters. The molecule has 3 rings (SSSR count). The fourth-order valence-corrected chi connectivity index (χ4v) is 2.10. The first-order chi connectivity index (χ1) is 8.74. The fraction of sp³-hybridized carbons (Fsp3) is 0. The second-order valence-corrected chi connectivity index (χ2v) is 4.52. The van der Waals surface area contributed by atoms with Crippen molar-refractivity contribution >= 4 is 34.2 Å². The molecular formula is C13H7Cl2N3. The molecule has 0 unspecified atom stereocenters. The summed E-state index contributed by atoms with van der Waals surface area (Å²) < 4.78 is 0. The molecule has 0 spiro atoms. The zero-order valence-corrected chi connectivity index (χ0v) is 10.7. The molecule has 0 radical (unpaired) electrons. The number of benzene rings is 1. The standard InChI is InChI=1S/C13H7Cl2N3/c14-9-4-1-3-8(7-9)12-17-11(15)10-5-2-6-16-13(10)18-12/h1-7H. The number of fused-ring (bicyclic) bond motifs is 1. The Bertz CT molecular complexity index is 728. The molecule has 0 bridgehead atoms. The van der Waals surface area contributed by atoms with Crippen molar-refractivity contribution in [2.45, 2.75) is 0 Å². The monoisotopic (exact) mass is 275 g/mol. The normalized spacial score (nSPS) is 10.8. The molecule has 0 fully saturated rings. The van der Waals surface area contributed by atoms with Crippen molar-refractivity contribution < 1.29 is 0 Å². The van der Waals surface area contributed by atoms with Crippen molar-refractivity contribution in [1.82, 2.24) is 15.0 Å². The van der Waals surface area contributed by atoms with Crippen LogP contribution in [-0.2, 0) is 0 Å². The van der Waals surface area contributed by atoms with Gasteiger partial charge in [0.25, 0.3) is 0 Å². The minimum absolute atomic E-state index is 0.392. The predicted octanol–water partition coefficient (Wildman–Crippen LogP) is 4.00. The van der Waals surface area contributed by atoms with Crippen molar-refractivity contribution in [1.29, 1.82) is 0 Å². The van der Waals surface area contributed by atoms with Crippen molar-refractivity contribution in [3.8, 4) is 11.4 Å². The Labute approximate surface area is 113 Å². The van der Waals surface area contributed by atoms with E-state index in [0.29, 0.717) is 21.6 Å². The van der Waals surface area contributed by atoms with Crippen LogP contribution in [0, 0.1) is 0 Å². The summed E-state index contributed by atoms with van der Waals surface area (Å²) in [7, 11) is 0. The van der Waals surface area contributed by atoms with E-state index in [2.05, 4.69) is 15.0 Å². The topological polar surface area (TPSA) is 38.7 Å². The van der Waals surface area contributed by atoms with Crippen molar-refractivity contribution in [2.75, 3.05) is 0 Å². The SMILES string of the molecule is Clc1cccc(-c2nc(Cl)c3cccnc3n2)c1. The van der Waals surface area contributed by atoms with Gasteiger partial charge in [-0.25, -0.2) is 15.0 Å². The molecular weight excluding hydrogens is 269 g/mol. The van der Waals surface area contributed by atoms with Gasteiger partial charge in [0.1, 0.15) is 5.15 Å². The van der Waals surface area contributed by atoms with Crippen LogP contribution in [0.4, 0.5) is 0 Å². The highest BCUT2D eigenvalue weighted by atomic mass is 35.5. The molecule has 0 saturated heterocycles. The lowest BCUT2D eigenvalue weighted by Crippen LogP contribution is -1.93. The lowest BCUT2D eigenvalue weighted by atomic mass is 10.2. The van der Waals surface area contributed by atoms with Gasteiger partial charge in [-0.2, -0.15) is 0 Å². The van der Waals surface area contributed by atoms with Crippen LogP contribution in [0.2, 0.25) is 10.2 Å². The van der Waals surface area contributed by atoms with Crippen LogP contribution in [-0.4, -0.2) is 15.0 Å². The Balaban J connectivity index is 2.24. The minimum atomic E-state index is 0.392. The number of rotatable bonds is 1. The Morgan fingerprint density at radius 1 is 0.944 bits per heavy atom. The molecule has 3 aromatic rings. The van der Waals surface area contributed by atoms with Crippen molar-refractivity contribution in [3.05, 3.63) is 52.8 Å². The van der Waals surface area contributed by atoms with Gasteiger partial charge in [-0.3, -0.25) is 0 Å². The lowest BCUT2D eigenvalue weighted by Gasteiger charge is -2.03. The largest absolute Gasteiger partial charge is 0.236 e. The van der Waals surface area contributed by atoms with Crippen LogP contribution in [0.25, 0.3) is 22.4 Å². The quantitative estimate of drug-likeness (QED) is 0.630. The highest BCUT2D eigenvalue weighted by molar-refractivity contribution is 6.34. The molecule has 0 aliphatic carbocycles. The summed E-state index contributed by atoms with van der Waals surface area (Å²) in [6.07, 6.45) is 1.67. The average molecular weight is 276 g/mol. The molecule has 0 N–H and O–H groups in total. The second-order valence-electron chi connectivity index (χ2n) is 3.72. The van der Waals surface area contributed by atoms with Crippen LogP contribution in [0.15, 0.2) is 42.6 Å². The van der Waals surface area contributed by atoms with Crippen LogP contribution in [0.1, 0.15) is 0 Å². The Morgan fingerprint density at radius 2 is 1.83 bits per heavy atom. The molecule has 0 saturated carbocycles. The van der Waals surface area contributed by atoms with Gasteiger partial charge >= 0.3 is 0 Å². The van der Waals surface area contributed by atoms with Crippen molar-refractivity contribution in [2.24, 2.45) is 0 Å². The van der Waals surface area contributed by atoms with Gasteiger partial charge in [0, 0.05) is 16.8 Å². The number of pyridine rings is 1. The molecule has 5 heteroatoms. The van der Waals surface area contributed by atoms with Gasteiger partial charge in [-0.1, -0.05) is 35.3 Å². The molecule has 3 nitrogen and oxygen atoms in total. The summed E-state index contributed by atoms with van der Waals surface area (Å²) in [5.74, 6) is 0.522. The summed E-state index contributed by atoms with van der Waals surface area (Å²) in [5, 5.41) is 1.77. The summed E-state index contributed by atoms with van der Waals surface area (Å²) in [4.78, 5) is 12.8. The van der Waals surface area contributed by atoms with E-state index >= 15 is 0 Å². The number of hydrogen-bond acceptors (Lipinski definition) is 3. The first-order valence-electron chi connectivity index (χ1n) is 5.28. The van der Waals surface area contributed by atoms with E-state index in [4.69, 9.17) is 23.2 Å². The highest BCUT2D eigenvalue weighted by Crippen LogP contribution is 2.24. The molecule has 0 aliphatic rings. The van der Waals surface area contributed by atoms with Crippen LogP contribution in [0.3, 0.4) is 0 Å². The zero-order chi connectivity index (χ0) is 12.5. The maximum Gasteiger partial charge on any atom is 0.164 e. The number of nitrogens with zero attached hydrogens (tertiary/aromatic N) is 3. The van der Waals surface area contributed by atoms with E-state index in [1.807, 2.05) is 18.2 Å².